The largest absolute Gasteiger partial charge is 0.334 e. The van der Waals surface area contributed by atoms with Crippen LogP contribution in [0, 0.1) is 18.7 Å². The molecule has 0 saturated heterocycles. The second-order valence-corrected chi connectivity index (χ2v) is 8.75. The lowest BCUT2D eigenvalue weighted by Gasteiger charge is -2.29. The van der Waals surface area contributed by atoms with Crippen molar-refractivity contribution in [3.05, 3.63) is 65.1 Å². The molecule has 2 amide bonds. The molecule has 8 nitrogen and oxygen atoms in total. The van der Waals surface area contributed by atoms with Gasteiger partial charge in [0.15, 0.2) is 0 Å². The summed E-state index contributed by atoms with van der Waals surface area (Å²) in [6.45, 7) is 2.79. The lowest BCUT2D eigenvalue weighted by molar-refractivity contribution is -0.119. The molecule has 1 aromatic carbocycles. The molecule has 0 radical (unpaired) electrons. The Labute approximate surface area is 191 Å². The molecule has 2 aliphatic rings. The molecule has 33 heavy (non-hydrogen) atoms. The van der Waals surface area contributed by atoms with Crippen LogP contribution in [-0.4, -0.2) is 50.1 Å². The quantitative estimate of drug-likeness (QED) is 0.579. The smallest absolute Gasteiger partial charge is 0.254 e. The number of carbonyl (C=O) groups excluding carboxylic acids is 2. The molecular formula is C24H25FN6O2. The monoisotopic (exact) mass is 448 g/mol. The molecule has 3 aromatic rings. The average molecular weight is 449 g/mol. The van der Waals surface area contributed by atoms with Gasteiger partial charge in [-0.3, -0.25) is 14.5 Å². The van der Waals surface area contributed by atoms with Crippen LogP contribution in [-0.2, 0) is 17.8 Å². The van der Waals surface area contributed by atoms with Crippen LogP contribution in [0.4, 0.5) is 10.2 Å². The highest BCUT2D eigenvalue weighted by Crippen LogP contribution is 2.35. The van der Waals surface area contributed by atoms with Gasteiger partial charge < -0.3 is 4.90 Å². The number of anilines is 1. The van der Waals surface area contributed by atoms with Gasteiger partial charge >= 0.3 is 0 Å². The highest BCUT2D eigenvalue weighted by molar-refractivity contribution is 5.96. The van der Waals surface area contributed by atoms with Crippen LogP contribution < -0.4 is 4.90 Å². The second kappa shape index (κ2) is 8.38. The highest BCUT2D eigenvalue weighted by Gasteiger charge is 2.33. The maximum atomic E-state index is 14.3. The SMILES string of the molecule is Cc1nc(CN(C)C(=O)c2ccc(F)c(-n3cccn3)c2)nc2c1CCC(=O)N2CC1CC1. The van der Waals surface area contributed by atoms with E-state index in [2.05, 4.69) is 10.1 Å². The summed E-state index contributed by atoms with van der Waals surface area (Å²) in [7, 11) is 1.66. The Morgan fingerprint density at radius 2 is 2.06 bits per heavy atom. The summed E-state index contributed by atoms with van der Waals surface area (Å²) in [6, 6.07) is 5.89. The van der Waals surface area contributed by atoms with E-state index in [1.54, 1.807) is 30.4 Å². The van der Waals surface area contributed by atoms with Gasteiger partial charge in [-0.25, -0.2) is 19.0 Å². The third-order valence-electron chi connectivity index (χ3n) is 6.19. The van der Waals surface area contributed by atoms with Gasteiger partial charge in [0.2, 0.25) is 5.91 Å². The minimum absolute atomic E-state index is 0.0975. The van der Waals surface area contributed by atoms with Crippen LogP contribution >= 0.6 is 0 Å². The third kappa shape index (κ3) is 4.22. The number of benzene rings is 1. The van der Waals surface area contributed by atoms with Crippen LogP contribution in [0.3, 0.4) is 0 Å². The zero-order valence-electron chi connectivity index (χ0n) is 18.7. The van der Waals surface area contributed by atoms with Crippen molar-refractivity contribution in [2.75, 3.05) is 18.5 Å². The Morgan fingerprint density at radius 3 is 2.79 bits per heavy atom. The van der Waals surface area contributed by atoms with Gasteiger partial charge in [-0.2, -0.15) is 5.10 Å². The fourth-order valence-electron chi connectivity index (χ4n) is 4.19. The Balaban J connectivity index is 1.39. The molecule has 1 aliphatic carbocycles. The van der Waals surface area contributed by atoms with E-state index in [1.807, 2.05) is 6.92 Å². The maximum Gasteiger partial charge on any atom is 0.254 e. The molecular weight excluding hydrogens is 423 g/mol. The molecule has 1 fully saturated rings. The van der Waals surface area contributed by atoms with Crippen molar-refractivity contribution in [1.29, 1.82) is 0 Å². The van der Waals surface area contributed by atoms with Gasteiger partial charge in [-0.15, -0.1) is 0 Å². The predicted molar refractivity (Wildman–Crippen MR) is 119 cm³/mol. The summed E-state index contributed by atoms with van der Waals surface area (Å²) < 4.78 is 15.7. The standard InChI is InChI=1S/C24H25FN6O2/c1-15-18-7-9-22(32)30(13-16-4-5-16)23(18)28-21(27-15)14-29(2)24(33)17-6-8-19(25)20(12-17)31-11-3-10-26-31/h3,6,8,10-12,16H,4-5,7,9,13-14H2,1-2H3. The number of hydrogen-bond acceptors (Lipinski definition) is 5. The molecule has 1 saturated carbocycles. The zero-order valence-corrected chi connectivity index (χ0v) is 18.7. The summed E-state index contributed by atoms with van der Waals surface area (Å²) in [4.78, 5) is 38.3. The third-order valence-corrected chi connectivity index (χ3v) is 6.19. The van der Waals surface area contributed by atoms with Crippen molar-refractivity contribution >= 4 is 17.6 Å². The normalized spacial score (nSPS) is 15.5. The van der Waals surface area contributed by atoms with Crippen LogP contribution in [0.1, 0.15) is 46.7 Å². The number of hydrogen-bond donors (Lipinski definition) is 0. The van der Waals surface area contributed by atoms with Crippen LogP contribution in [0.2, 0.25) is 0 Å². The Hall–Kier alpha value is -3.62. The first-order valence-corrected chi connectivity index (χ1v) is 11.1. The molecule has 0 bridgehead atoms. The summed E-state index contributed by atoms with van der Waals surface area (Å²) in [6.07, 6.45) is 6.58. The fourth-order valence-corrected chi connectivity index (χ4v) is 4.19. The second-order valence-electron chi connectivity index (χ2n) is 8.75. The Bertz CT molecular complexity index is 1220. The first kappa shape index (κ1) is 21.2. The van der Waals surface area contributed by atoms with E-state index in [4.69, 9.17) is 4.98 Å². The predicted octanol–water partition coefficient (Wildman–Crippen LogP) is 3.07. The number of carbonyl (C=O) groups is 2. The minimum Gasteiger partial charge on any atom is -0.334 e. The van der Waals surface area contributed by atoms with E-state index >= 15 is 0 Å². The van der Waals surface area contributed by atoms with Gasteiger partial charge in [-0.1, -0.05) is 0 Å². The minimum atomic E-state index is -0.466. The van der Waals surface area contributed by atoms with Gasteiger partial charge in [-0.05, 0) is 56.4 Å². The molecule has 3 heterocycles. The first-order valence-electron chi connectivity index (χ1n) is 11.1. The topological polar surface area (TPSA) is 84.2 Å². The first-order chi connectivity index (χ1) is 15.9. The molecule has 0 spiro atoms. The summed E-state index contributed by atoms with van der Waals surface area (Å²) in [5.74, 6) is 1.06. The van der Waals surface area contributed by atoms with E-state index < -0.39 is 5.82 Å². The number of aromatic nitrogens is 4. The Kier molecular flexibility index (Phi) is 5.39. The van der Waals surface area contributed by atoms with E-state index in [1.165, 1.54) is 27.8 Å². The summed E-state index contributed by atoms with van der Waals surface area (Å²) in [5, 5.41) is 4.05. The molecule has 170 valence electrons. The number of halogens is 1. The van der Waals surface area contributed by atoms with E-state index in [0.717, 1.165) is 24.1 Å². The number of amides is 2. The van der Waals surface area contributed by atoms with Crippen LogP contribution in [0.15, 0.2) is 36.7 Å². The number of fused-ring (bicyclic) bond motifs is 1. The van der Waals surface area contributed by atoms with Crippen molar-refractivity contribution in [3.8, 4) is 5.69 Å². The van der Waals surface area contributed by atoms with Crippen molar-refractivity contribution in [3.63, 3.8) is 0 Å². The number of nitrogens with zero attached hydrogens (tertiary/aromatic N) is 6. The van der Waals surface area contributed by atoms with Gasteiger partial charge in [0, 0.05) is 49.2 Å². The van der Waals surface area contributed by atoms with Crippen molar-refractivity contribution in [1.82, 2.24) is 24.6 Å². The van der Waals surface area contributed by atoms with Gasteiger partial charge in [0.1, 0.15) is 23.1 Å². The fraction of sp³-hybridized carbons (Fsp3) is 0.375. The van der Waals surface area contributed by atoms with Crippen LogP contribution in [0.25, 0.3) is 5.69 Å². The molecule has 2 aromatic heterocycles. The lowest BCUT2D eigenvalue weighted by Crippen LogP contribution is -2.38. The molecule has 9 heteroatoms. The summed E-state index contributed by atoms with van der Waals surface area (Å²) >= 11 is 0. The lowest BCUT2D eigenvalue weighted by atomic mass is 10.0. The van der Waals surface area contributed by atoms with E-state index in [9.17, 15) is 14.0 Å². The summed E-state index contributed by atoms with van der Waals surface area (Å²) in [5.41, 5.74) is 2.39. The van der Waals surface area contributed by atoms with Crippen LogP contribution in [0.5, 0.6) is 0 Å². The van der Waals surface area contributed by atoms with Gasteiger partial charge in [0.05, 0.1) is 6.54 Å². The molecule has 5 rings (SSSR count). The average Bonchev–Trinajstić information content (AvgIpc) is 3.45. The van der Waals surface area contributed by atoms with Crippen molar-refractivity contribution in [2.45, 2.75) is 39.2 Å². The van der Waals surface area contributed by atoms with E-state index in [-0.39, 0.29) is 24.0 Å². The molecule has 0 unspecified atom stereocenters. The van der Waals surface area contributed by atoms with Crippen molar-refractivity contribution in [2.24, 2.45) is 5.92 Å². The van der Waals surface area contributed by atoms with Gasteiger partial charge in [0.25, 0.3) is 5.91 Å². The number of rotatable bonds is 6. The highest BCUT2D eigenvalue weighted by atomic mass is 19.1. The molecule has 1 aliphatic heterocycles. The molecule has 0 N–H and O–H groups in total. The molecule has 0 atom stereocenters. The maximum absolute atomic E-state index is 14.3. The van der Waals surface area contributed by atoms with Crippen molar-refractivity contribution < 1.29 is 14.0 Å². The zero-order chi connectivity index (χ0) is 23.1. The number of aryl methyl sites for hydroxylation is 1. The Morgan fingerprint density at radius 1 is 1.24 bits per heavy atom. The van der Waals surface area contributed by atoms with E-state index in [0.29, 0.717) is 42.5 Å².